The van der Waals surface area contributed by atoms with Gasteiger partial charge in [0.05, 0.1) is 5.41 Å². The smallest absolute Gasteiger partial charge is 0.0579 e. The molecule has 12 rings (SSSR count). The van der Waals surface area contributed by atoms with Crippen molar-refractivity contribution in [2.45, 2.75) is 110 Å². The van der Waals surface area contributed by atoms with E-state index in [0.29, 0.717) is 0 Å². The summed E-state index contributed by atoms with van der Waals surface area (Å²) in [6.45, 7) is 27.1. The molecular formula is C105H100. The molecule has 520 valence electrons. The van der Waals surface area contributed by atoms with Crippen LogP contribution in [0.1, 0.15) is 217 Å². The van der Waals surface area contributed by atoms with Crippen LogP contribution in [-0.4, -0.2) is 0 Å². The highest BCUT2D eigenvalue weighted by Crippen LogP contribution is 2.46. The summed E-state index contributed by atoms with van der Waals surface area (Å²) in [7, 11) is 0. The van der Waals surface area contributed by atoms with Crippen LogP contribution in [-0.2, 0) is 27.1 Å². The van der Waals surface area contributed by atoms with Crippen molar-refractivity contribution in [2.24, 2.45) is 0 Å². The molecule has 0 radical (unpaired) electrons. The van der Waals surface area contributed by atoms with E-state index in [2.05, 4.69) is 471 Å². The van der Waals surface area contributed by atoms with Gasteiger partial charge in [-0.2, -0.15) is 0 Å². The average molecular weight is 1360 g/mol. The highest BCUT2D eigenvalue weighted by Gasteiger charge is 2.38. The largest absolute Gasteiger partial charge is 0.0701 e. The molecule has 0 heterocycles. The van der Waals surface area contributed by atoms with Crippen LogP contribution in [0.3, 0.4) is 0 Å². The monoisotopic (exact) mass is 1360 g/mol. The van der Waals surface area contributed by atoms with Crippen molar-refractivity contribution >= 4 is 97.2 Å². The minimum atomic E-state index is -0.721. The van der Waals surface area contributed by atoms with Crippen LogP contribution in [0.4, 0.5) is 0 Å². The Hall–Kier alpha value is -11.4. The summed E-state index contributed by atoms with van der Waals surface area (Å²) in [5.74, 6) is 0. The van der Waals surface area contributed by atoms with Crippen molar-refractivity contribution in [1.82, 2.24) is 0 Å². The Morgan fingerprint density at radius 3 is 0.276 bits per heavy atom. The molecule has 0 fully saturated rings. The second kappa shape index (κ2) is 32.5. The van der Waals surface area contributed by atoms with Crippen molar-refractivity contribution in [1.29, 1.82) is 0 Å². The predicted octanol–water partition coefficient (Wildman–Crippen LogP) is 28.6. The van der Waals surface area contributed by atoms with E-state index >= 15 is 0 Å². The molecule has 0 amide bonds. The van der Waals surface area contributed by atoms with Crippen LogP contribution in [0.2, 0.25) is 0 Å². The van der Waals surface area contributed by atoms with Crippen molar-refractivity contribution in [2.75, 3.05) is 0 Å². The second-order valence-electron chi connectivity index (χ2n) is 32.1. The molecule has 12 aromatic rings. The summed E-state index contributed by atoms with van der Waals surface area (Å²) >= 11 is 0. The lowest BCUT2D eigenvalue weighted by Crippen LogP contribution is -2.31. The Labute approximate surface area is 628 Å². The molecule has 0 aromatic heterocycles. The van der Waals surface area contributed by atoms with Crippen molar-refractivity contribution < 1.29 is 0 Å². The third kappa shape index (κ3) is 19.6. The number of benzene rings is 12. The first kappa shape index (κ1) is 73.3. The van der Waals surface area contributed by atoms with Gasteiger partial charge in [-0.1, -0.05) is 471 Å². The molecule has 0 nitrogen and oxygen atoms in total. The van der Waals surface area contributed by atoms with Crippen molar-refractivity contribution in [3.05, 3.63) is 425 Å². The van der Waals surface area contributed by atoms with Gasteiger partial charge in [-0.25, -0.2) is 0 Å². The Bertz CT molecular complexity index is 4410. The SMILES string of the molecule is CC(C)(C)c1ccc(/C=C/c2ccc(/C=C/c3ccc(C(c4ccc(/C=C/c5ccc(/C=C/c6ccc(C(C)(C)C)cc6)cc5)cc4)(c4ccc(/C=C/c5ccc(/C=C/c6ccc(C(C)(C)C)cc6)cc5)cc4)c4ccc(/C=C/c5ccc(/C=C/c6ccc(C(C)(C)C)cc6)cc5)cc4)cc3)cc2)cc1. The fraction of sp³-hybridized carbons (Fsp3) is 0.162. The normalized spacial score (nSPS) is 12.8. The van der Waals surface area contributed by atoms with Crippen LogP contribution >= 0.6 is 0 Å². The fourth-order valence-electron chi connectivity index (χ4n) is 13.2. The summed E-state index contributed by atoms with van der Waals surface area (Å²) < 4.78 is 0. The predicted molar refractivity (Wildman–Crippen MR) is 463 cm³/mol. The van der Waals surface area contributed by atoms with Gasteiger partial charge in [-0.15, -0.1) is 0 Å². The third-order valence-electron chi connectivity index (χ3n) is 20.0. The molecule has 105 heavy (non-hydrogen) atoms. The zero-order valence-corrected chi connectivity index (χ0v) is 63.5. The first-order valence-electron chi connectivity index (χ1n) is 37.1. The maximum absolute atomic E-state index is 2.33. The van der Waals surface area contributed by atoms with E-state index in [0.717, 1.165) is 66.8 Å². The maximum Gasteiger partial charge on any atom is 0.0701 e. The molecule has 0 spiro atoms. The summed E-state index contributed by atoms with van der Waals surface area (Å²) in [6.07, 6.45) is 35.3. The molecular weight excluding hydrogens is 1260 g/mol. The molecule has 0 bridgehead atoms. The van der Waals surface area contributed by atoms with Crippen LogP contribution in [0.5, 0.6) is 0 Å². The zero-order chi connectivity index (χ0) is 73.6. The molecule has 0 aliphatic carbocycles. The summed E-state index contributed by atoms with van der Waals surface area (Å²) in [5.41, 5.74) is 28.3. The minimum Gasteiger partial charge on any atom is -0.0579 e. The summed E-state index contributed by atoms with van der Waals surface area (Å²) in [4.78, 5) is 0. The van der Waals surface area contributed by atoms with Gasteiger partial charge in [0, 0.05) is 0 Å². The van der Waals surface area contributed by atoms with Gasteiger partial charge in [0.15, 0.2) is 0 Å². The van der Waals surface area contributed by atoms with Crippen molar-refractivity contribution in [3.63, 3.8) is 0 Å². The second-order valence-corrected chi connectivity index (χ2v) is 32.1. The molecule has 0 N–H and O–H groups in total. The zero-order valence-electron chi connectivity index (χ0n) is 63.5. The standard InChI is InChI=1S/C105H100/c1-101(2,3)93-61-45-85(46-62-93)37-29-77-13-21-81(22-14-77)33-41-89-53-69-97(70-54-89)105(98-71-55-90(56-72-98)42-34-82-23-15-78(16-24-82)30-38-86-47-63-94(64-48-86)102(4,5)6,99-73-57-91(58-74-99)43-35-83-25-17-79(18-26-83)31-39-87-49-65-95(66-50-87)103(7,8)9)100-75-59-92(60-76-100)44-36-84-27-19-80(20-28-84)32-40-88-51-67-96(68-52-88)104(10,11)12/h13-76H,1-12H3/b37-29+,38-30+,39-31+,40-32+,41-33+,42-34+,43-35+,44-36+. The van der Waals surface area contributed by atoms with E-state index in [1.165, 1.54) is 66.8 Å². The Kier molecular flexibility index (Phi) is 22.7. The van der Waals surface area contributed by atoms with Gasteiger partial charge in [-0.3, -0.25) is 0 Å². The van der Waals surface area contributed by atoms with E-state index in [4.69, 9.17) is 0 Å². The highest BCUT2D eigenvalue weighted by atomic mass is 14.4. The van der Waals surface area contributed by atoms with Crippen LogP contribution in [0.15, 0.2) is 291 Å². The molecule has 0 saturated carbocycles. The van der Waals surface area contributed by atoms with Crippen LogP contribution < -0.4 is 0 Å². The Morgan fingerprint density at radius 1 is 0.114 bits per heavy atom. The lowest BCUT2D eigenvalue weighted by Gasteiger charge is -2.37. The van der Waals surface area contributed by atoms with Gasteiger partial charge in [-0.05, 0) is 155 Å². The van der Waals surface area contributed by atoms with Crippen molar-refractivity contribution in [3.8, 4) is 0 Å². The number of hydrogen-bond donors (Lipinski definition) is 0. The first-order chi connectivity index (χ1) is 50.4. The number of hydrogen-bond acceptors (Lipinski definition) is 0. The summed E-state index contributed by atoms with van der Waals surface area (Å²) in [5, 5.41) is 0. The van der Waals surface area contributed by atoms with E-state index in [9.17, 15) is 0 Å². The van der Waals surface area contributed by atoms with Gasteiger partial charge in [0.25, 0.3) is 0 Å². The minimum absolute atomic E-state index is 0.128. The third-order valence-corrected chi connectivity index (χ3v) is 20.0. The molecule has 0 saturated heterocycles. The van der Waals surface area contributed by atoms with E-state index in [-0.39, 0.29) is 21.7 Å². The fourth-order valence-corrected chi connectivity index (χ4v) is 13.2. The lowest BCUT2D eigenvalue weighted by molar-refractivity contribution is 0.590. The van der Waals surface area contributed by atoms with Crippen LogP contribution in [0.25, 0.3) is 97.2 Å². The van der Waals surface area contributed by atoms with Gasteiger partial charge in [0.2, 0.25) is 0 Å². The molecule has 12 aromatic carbocycles. The van der Waals surface area contributed by atoms with Gasteiger partial charge >= 0.3 is 0 Å². The Morgan fingerprint density at radius 2 is 0.190 bits per heavy atom. The molecule has 0 heteroatoms. The molecule has 0 aliphatic heterocycles. The quantitative estimate of drug-likeness (QED) is 0.0527. The number of rotatable bonds is 20. The molecule has 0 aliphatic rings. The van der Waals surface area contributed by atoms with E-state index in [1.807, 2.05) is 0 Å². The topological polar surface area (TPSA) is 0 Å². The first-order valence-corrected chi connectivity index (χ1v) is 37.1. The summed E-state index contributed by atoms with van der Waals surface area (Å²) in [6, 6.07) is 108. The van der Waals surface area contributed by atoms with E-state index < -0.39 is 5.41 Å². The van der Waals surface area contributed by atoms with E-state index in [1.54, 1.807) is 0 Å². The maximum atomic E-state index is 2.33. The average Bonchev–Trinajstić information content (AvgIpc) is 0.731. The molecule has 0 atom stereocenters. The van der Waals surface area contributed by atoms with Gasteiger partial charge in [0.1, 0.15) is 0 Å². The Balaban J connectivity index is 0.854. The van der Waals surface area contributed by atoms with Crippen LogP contribution in [0, 0.1) is 0 Å². The lowest BCUT2D eigenvalue weighted by atomic mass is 9.64. The van der Waals surface area contributed by atoms with Gasteiger partial charge < -0.3 is 0 Å². The highest BCUT2D eigenvalue weighted by molar-refractivity contribution is 5.79. The molecule has 0 unspecified atom stereocenters.